The Labute approximate surface area is 134 Å². The maximum Gasteiger partial charge on any atom is 0.243 e. The molecule has 0 aromatic heterocycles. The van der Waals surface area contributed by atoms with Gasteiger partial charge in [-0.2, -0.15) is 0 Å². The first kappa shape index (κ1) is 16.6. The van der Waals surface area contributed by atoms with Gasteiger partial charge in [0.05, 0.1) is 26.5 Å². The first-order chi connectivity index (χ1) is 11.0. The summed E-state index contributed by atoms with van der Waals surface area (Å²) >= 11 is 0. The number of nitrogens with one attached hydrogen (secondary N) is 2. The molecule has 0 unspecified atom stereocenters. The maximum absolute atomic E-state index is 13.7. The van der Waals surface area contributed by atoms with Crippen LogP contribution >= 0.6 is 0 Å². The van der Waals surface area contributed by atoms with Crippen molar-refractivity contribution in [3.8, 4) is 11.5 Å². The fraction of sp³-hybridized carbons (Fsp3) is 0.235. The van der Waals surface area contributed by atoms with Gasteiger partial charge >= 0.3 is 0 Å². The minimum absolute atomic E-state index is 0.0473. The van der Waals surface area contributed by atoms with Crippen LogP contribution in [0.2, 0.25) is 0 Å². The fourth-order valence-electron chi connectivity index (χ4n) is 2.06. The number of hydrogen-bond donors (Lipinski definition) is 2. The molecule has 0 radical (unpaired) electrons. The predicted molar refractivity (Wildman–Crippen MR) is 87.8 cm³/mol. The fourth-order valence-corrected chi connectivity index (χ4v) is 2.06. The van der Waals surface area contributed by atoms with Gasteiger partial charge in [0.25, 0.3) is 0 Å². The number of methoxy groups -OCH3 is 2. The number of rotatable bonds is 6. The molecule has 0 aliphatic rings. The summed E-state index contributed by atoms with van der Waals surface area (Å²) in [4.78, 5) is 11.9. The second kappa shape index (κ2) is 7.49. The number of amides is 1. The highest BCUT2D eigenvalue weighted by Crippen LogP contribution is 2.29. The van der Waals surface area contributed by atoms with Crippen molar-refractivity contribution in [2.45, 2.75) is 6.92 Å². The van der Waals surface area contributed by atoms with Crippen molar-refractivity contribution in [2.24, 2.45) is 0 Å². The molecular weight excluding hydrogens is 299 g/mol. The molecule has 0 spiro atoms. The molecule has 5 nitrogen and oxygen atoms in total. The molecule has 2 rings (SSSR count). The molecule has 0 saturated carbocycles. The largest absolute Gasteiger partial charge is 0.493 e. The zero-order valence-corrected chi connectivity index (χ0v) is 13.3. The summed E-state index contributed by atoms with van der Waals surface area (Å²) in [7, 11) is 3.06. The van der Waals surface area contributed by atoms with Crippen LogP contribution in [0.25, 0.3) is 0 Å². The normalized spacial score (nSPS) is 10.1. The van der Waals surface area contributed by atoms with E-state index in [1.807, 2.05) is 0 Å². The molecule has 122 valence electrons. The summed E-state index contributed by atoms with van der Waals surface area (Å²) in [5.74, 6) is 0.411. The van der Waals surface area contributed by atoms with Gasteiger partial charge in [0, 0.05) is 11.8 Å². The molecule has 2 aromatic rings. The Balaban J connectivity index is 1.97. The molecular formula is C17H19FN2O3. The van der Waals surface area contributed by atoms with Crippen molar-refractivity contribution in [1.82, 2.24) is 0 Å². The SMILES string of the molecule is COc1ccc(NC(=O)CNc2ccc(C)cc2F)cc1OC. The topological polar surface area (TPSA) is 59.6 Å². The summed E-state index contributed by atoms with van der Waals surface area (Å²) in [6.07, 6.45) is 0. The lowest BCUT2D eigenvalue weighted by molar-refractivity contribution is -0.114. The molecule has 0 heterocycles. The van der Waals surface area contributed by atoms with Crippen LogP contribution in [0.3, 0.4) is 0 Å². The molecule has 6 heteroatoms. The lowest BCUT2D eigenvalue weighted by atomic mass is 10.2. The van der Waals surface area contributed by atoms with Crippen molar-refractivity contribution in [3.63, 3.8) is 0 Å². The standard InChI is InChI=1S/C17H19FN2O3/c1-11-4-6-14(13(18)8-11)19-10-17(21)20-12-5-7-15(22-2)16(9-12)23-3/h4-9,19H,10H2,1-3H3,(H,20,21). The summed E-state index contributed by atoms with van der Waals surface area (Å²) in [5.41, 5.74) is 1.68. The lowest BCUT2D eigenvalue weighted by Gasteiger charge is -2.11. The Morgan fingerprint density at radius 3 is 2.48 bits per heavy atom. The molecule has 0 bridgehead atoms. The van der Waals surface area contributed by atoms with Crippen molar-refractivity contribution in [3.05, 3.63) is 47.8 Å². The molecule has 2 N–H and O–H groups in total. The van der Waals surface area contributed by atoms with Crippen LogP contribution in [0, 0.1) is 12.7 Å². The number of carbonyl (C=O) groups is 1. The number of ether oxygens (including phenoxy) is 2. The van der Waals surface area contributed by atoms with Crippen LogP contribution in [0.4, 0.5) is 15.8 Å². The highest BCUT2D eigenvalue weighted by molar-refractivity contribution is 5.94. The molecule has 2 aromatic carbocycles. The van der Waals surface area contributed by atoms with Crippen molar-refractivity contribution in [2.75, 3.05) is 31.4 Å². The van der Waals surface area contributed by atoms with Crippen LogP contribution in [-0.2, 0) is 4.79 Å². The number of carbonyl (C=O) groups excluding carboxylic acids is 1. The minimum atomic E-state index is -0.385. The average molecular weight is 318 g/mol. The zero-order valence-electron chi connectivity index (χ0n) is 13.3. The van der Waals surface area contributed by atoms with Crippen LogP contribution in [-0.4, -0.2) is 26.7 Å². The van der Waals surface area contributed by atoms with E-state index in [0.29, 0.717) is 17.2 Å². The lowest BCUT2D eigenvalue weighted by Crippen LogP contribution is -2.22. The van der Waals surface area contributed by atoms with Gasteiger partial charge in [-0.1, -0.05) is 6.07 Å². The first-order valence-corrected chi connectivity index (χ1v) is 7.05. The van der Waals surface area contributed by atoms with Gasteiger partial charge in [0.1, 0.15) is 5.82 Å². The molecule has 0 atom stereocenters. The Morgan fingerprint density at radius 1 is 1.09 bits per heavy atom. The van der Waals surface area contributed by atoms with Gasteiger partial charge in [0.2, 0.25) is 5.91 Å². The Morgan fingerprint density at radius 2 is 1.83 bits per heavy atom. The molecule has 0 aliphatic carbocycles. The number of hydrogen-bond acceptors (Lipinski definition) is 4. The molecule has 0 fully saturated rings. The first-order valence-electron chi connectivity index (χ1n) is 7.05. The third-order valence-electron chi connectivity index (χ3n) is 3.23. The third kappa shape index (κ3) is 4.35. The Hall–Kier alpha value is -2.76. The zero-order chi connectivity index (χ0) is 16.8. The number of benzene rings is 2. The highest BCUT2D eigenvalue weighted by atomic mass is 19.1. The predicted octanol–water partition coefficient (Wildman–Crippen LogP) is 3.20. The van der Waals surface area contributed by atoms with Gasteiger partial charge in [-0.15, -0.1) is 0 Å². The Bertz CT molecular complexity index is 704. The molecule has 0 aliphatic heterocycles. The van der Waals surface area contributed by atoms with Gasteiger partial charge in [-0.05, 0) is 36.8 Å². The summed E-state index contributed by atoms with van der Waals surface area (Å²) < 4.78 is 24.0. The quantitative estimate of drug-likeness (QED) is 0.859. The van der Waals surface area contributed by atoms with Crippen molar-refractivity contribution < 1.29 is 18.7 Å². The van der Waals surface area contributed by atoms with Crippen LogP contribution in [0.5, 0.6) is 11.5 Å². The van der Waals surface area contributed by atoms with Crippen LogP contribution < -0.4 is 20.1 Å². The van der Waals surface area contributed by atoms with Gasteiger partial charge < -0.3 is 20.1 Å². The van der Waals surface area contributed by atoms with E-state index in [9.17, 15) is 9.18 Å². The number of aryl methyl sites for hydroxylation is 1. The number of halogens is 1. The monoisotopic (exact) mass is 318 g/mol. The van der Waals surface area contributed by atoms with E-state index in [1.165, 1.54) is 20.3 Å². The van der Waals surface area contributed by atoms with E-state index in [4.69, 9.17) is 9.47 Å². The highest BCUT2D eigenvalue weighted by Gasteiger charge is 2.08. The summed E-state index contributed by atoms with van der Waals surface area (Å²) in [5, 5.41) is 5.48. The average Bonchev–Trinajstić information content (AvgIpc) is 2.54. The van der Waals surface area contributed by atoms with Crippen LogP contribution in [0.1, 0.15) is 5.56 Å². The third-order valence-corrected chi connectivity index (χ3v) is 3.23. The summed E-state index contributed by atoms with van der Waals surface area (Å²) in [6, 6.07) is 9.84. The summed E-state index contributed by atoms with van der Waals surface area (Å²) in [6.45, 7) is 1.75. The van der Waals surface area contributed by atoms with Crippen molar-refractivity contribution in [1.29, 1.82) is 0 Å². The second-order valence-electron chi connectivity index (χ2n) is 4.95. The van der Waals surface area contributed by atoms with Crippen LogP contribution in [0.15, 0.2) is 36.4 Å². The van der Waals surface area contributed by atoms with E-state index in [-0.39, 0.29) is 24.0 Å². The van der Waals surface area contributed by atoms with E-state index in [0.717, 1.165) is 5.56 Å². The molecule has 0 saturated heterocycles. The molecule has 1 amide bonds. The molecule has 23 heavy (non-hydrogen) atoms. The smallest absolute Gasteiger partial charge is 0.243 e. The van der Waals surface area contributed by atoms with Gasteiger partial charge in [0.15, 0.2) is 11.5 Å². The van der Waals surface area contributed by atoms with Gasteiger partial charge in [-0.3, -0.25) is 4.79 Å². The maximum atomic E-state index is 13.7. The Kier molecular flexibility index (Phi) is 5.41. The second-order valence-corrected chi connectivity index (χ2v) is 4.95. The van der Waals surface area contributed by atoms with E-state index in [1.54, 1.807) is 37.3 Å². The van der Waals surface area contributed by atoms with E-state index >= 15 is 0 Å². The van der Waals surface area contributed by atoms with E-state index < -0.39 is 0 Å². The van der Waals surface area contributed by atoms with Crippen molar-refractivity contribution >= 4 is 17.3 Å². The van der Waals surface area contributed by atoms with Gasteiger partial charge in [-0.25, -0.2) is 4.39 Å². The van der Waals surface area contributed by atoms with E-state index in [2.05, 4.69) is 10.6 Å². The number of anilines is 2. The minimum Gasteiger partial charge on any atom is -0.493 e.